The average molecular weight is 259 g/mol. The molecule has 1 aromatic heterocycles. The van der Waals surface area contributed by atoms with Gasteiger partial charge in [-0.15, -0.1) is 0 Å². The fourth-order valence-corrected chi connectivity index (χ4v) is 2.35. The first-order chi connectivity index (χ1) is 8.80. The first-order valence-electron chi connectivity index (χ1n) is 7.05. The molecule has 1 heterocycles. The second-order valence-electron chi connectivity index (χ2n) is 6.62. The van der Waals surface area contributed by atoms with Crippen molar-refractivity contribution in [2.24, 2.45) is 0 Å². The lowest BCUT2D eigenvalue weighted by Crippen LogP contribution is -2.21. The second-order valence-corrected chi connectivity index (χ2v) is 6.62. The van der Waals surface area contributed by atoms with Crippen LogP contribution in [0.25, 0.3) is 11.0 Å². The van der Waals surface area contributed by atoms with Crippen molar-refractivity contribution >= 4 is 11.0 Å². The number of hydrogen-bond acceptors (Lipinski definition) is 2. The lowest BCUT2D eigenvalue weighted by molar-refractivity contribution is 0.477. The Morgan fingerprint density at radius 2 is 1.89 bits per heavy atom. The molecule has 0 radical (unpaired) electrons. The molecular formula is C17H25NO. The predicted octanol–water partition coefficient (Wildman–Crippen LogP) is 4.54. The summed E-state index contributed by atoms with van der Waals surface area (Å²) in [6.07, 6.45) is 0. The van der Waals surface area contributed by atoms with E-state index in [4.69, 9.17) is 4.42 Å². The highest BCUT2D eigenvalue weighted by Gasteiger charge is 2.21. The molecule has 0 fully saturated rings. The lowest BCUT2D eigenvalue weighted by Gasteiger charge is -2.18. The Morgan fingerprint density at radius 1 is 1.21 bits per heavy atom. The third-order valence-electron chi connectivity index (χ3n) is 3.54. The molecular weight excluding hydrogens is 234 g/mol. The molecule has 0 spiro atoms. The SMILES string of the molecule is Cc1c(CNC(C)C)oc2c(C(C)(C)C)cccc12. The smallest absolute Gasteiger partial charge is 0.138 e. The quantitative estimate of drug-likeness (QED) is 0.875. The van der Waals surface area contributed by atoms with Crippen molar-refractivity contribution in [2.45, 2.75) is 59.5 Å². The normalized spacial score (nSPS) is 12.6. The van der Waals surface area contributed by atoms with Crippen LogP contribution in [0.5, 0.6) is 0 Å². The number of rotatable bonds is 3. The van der Waals surface area contributed by atoms with Gasteiger partial charge < -0.3 is 9.73 Å². The predicted molar refractivity (Wildman–Crippen MR) is 81.6 cm³/mol. The Labute approximate surface area is 116 Å². The minimum Gasteiger partial charge on any atom is -0.459 e. The van der Waals surface area contributed by atoms with Crippen molar-refractivity contribution in [1.82, 2.24) is 5.32 Å². The van der Waals surface area contributed by atoms with Gasteiger partial charge in [0.05, 0.1) is 6.54 Å². The molecule has 0 saturated heterocycles. The van der Waals surface area contributed by atoms with Gasteiger partial charge in [-0.05, 0) is 17.9 Å². The van der Waals surface area contributed by atoms with Gasteiger partial charge in [0.15, 0.2) is 0 Å². The van der Waals surface area contributed by atoms with Gasteiger partial charge in [0, 0.05) is 17.0 Å². The van der Waals surface area contributed by atoms with Crippen LogP contribution >= 0.6 is 0 Å². The number of nitrogens with one attached hydrogen (secondary N) is 1. The van der Waals surface area contributed by atoms with Crippen molar-refractivity contribution in [3.8, 4) is 0 Å². The van der Waals surface area contributed by atoms with E-state index in [2.05, 4.69) is 65.1 Å². The van der Waals surface area contributed by atoms with E-state index in [9.17, 15) is 0 Å². The van der Waals surface area contributed by atoms with Gasteiger partial charge >= 0.3 is 0 Å². The minimum atomic E-state index is 0.104. The van der Waals surface area contributed by atoms with Gasteiger partial charge in [0.2, 0.25) is 0 Å². The Bertz CT molecular complexity index is 573. The molecule has 2 heteroatoms. The standard InChI is InChI=1S/C17H25NO/c1-11(2)18-10-15-12(3)13-8-7-9-14(16(13)19-15)17(4,5)6/h7-9,11,18H,10H2,1-6H3. The molecule has 104 valence electrons. The number of hydrogen-bond donors (Lipinski definition) is 1. The van der Waals surface area contributed by atoms with E-state index in [0.717, 1.165) is 17.9 Å². The van der Waals surface area contributed by atoms with E-state index in [1.54, 1.807) is 0 Å². The van der Waals surface area contributed by atoms with Gasteiger partial charge in [-0.3, -0.25) is 0 Å². The van der Waals surface area contributed by atoms with Crippen molar-refractivity contribution in [2.75, 3.05) is 0 Å². The van der Waals surface area contributed by atoms with Crippen LogP contribution in [-0.2, 0) is 12.0 Å². The number of benzene rings is 1. The van der Waals surface area contributed by atoms with Crippen molar-refractivity contribution in [1.29, 1.82) is 0 Å². The zero-order valence-corrected chi connectivity index (χ0v) is 12.9. The summed E-state index contributed by atoms with van der Waals surface area (Å²) in [6, 6.07) is 6.92. The van der Waals surface area contributed by atoms with E-state index in [1.807, 2.05) is 0 Å². The summed E-state index contributed by atoms with van der Waals surface area (Å²) in [5, 5.41) is 4.67. The molecule has 2 rings (SSSR count). The Balaban J connectivity index is 2.50. The first-order valence-corrected chi connectivity index (χ1v) is 7.05. The molecule has 2 nitrogen and oxygen atoms in total. The van der Waals surface area contributed by atoms with Crippen LogP contribution in [0.2, 0.25) is 0 Å². The third kappa shape index (κ3) is 2.84. The number of para-hydroxylation sites is 1. The van der Waals surface area contributed by atoms with Crippen LogP contribution in [0.15, 0.2) is 22.6 Å². The van der Waals surface area contributed by atoms with Crippen molar-refractivity contribution in [3.63, 3.8) is 0 Å². The van der Waals surface area contributed by atoms with E-state index >= 15 is 0 Å². The van der Waals surface area contributed by atoms with Gasteiger partial charge in [-0.2, -0.15) is 0 Å². The molecule has 0 amide bonds. The Hall–Kier alpha value is -1.28. The Morgan fingerprint density at radius 3 is 2.47 bits per heavy atom. The lowest BCUT2D eigenvalue weighted by atomic mass is 9.86. The van der Waals surface area contributed by atoms with Crippen LogP contribution in [0.3, 0.4) is 0 Å². The minimum absolute atomic E-state index is 0.104. The molecule has 0 atom stereocenters. The number of furan rings is 1. The average Bonchev–Trinajstić information content (AvgIpc) is 2.62. The summed E-state index contributed by atoms with van der Waals surface area (Å²) in [6.45, 7) is 13.9. The fraction of sp³-hybridized carbons (Fsp3) is 0.529. The highest BCUT2D eigenvalue weighted by Crippen LogP contribution is 2.34. The number of fused-ring (bicyclic) bond motifs is 1. The van der Waals surface area contributed by atoms with Gasteiger partial charge in [-0.1, -0.05) is 52.8 Å². The second kappa shape index (κ2) is 5.01. The number of aryl methyl sites for hydroxylation is 1. The molecule has 0 saturated carbocycles. The van der Waals surface area contributed by atoms with E-state index < -0.39 is 0 Å². The summed E-state index contributed by atoms with van der Waals surface area (Å²) in [4.78, 5) is 0. The zero-order valence-electron chi connectivity index (χ0n) is 12.9. The van der Waals surface area contributed by atoms with Crippen LogP contribution in [0, 0.1) is 6.92 Å². The third-order valence-corrected chi connectivity index (χ3v) is 3.54. The highest BCUT2D eigenvalue weighted by molar-refractivity contribution is 5.85. The topological polar surface area (TPSA) is 25.2 Å². The van der Waals surface area contributed by atoms with E-state index in [0.29, 0.717) is 6.04 Å². The van der Waals surface area contributed by atoms with Crippen LogP contribution in [0.1, 0.15) is 51.5 Å². The maximum atomic E-state index is 6.14. The van der Waals surface area contributed by atoms with Gasteiger partial charge in [-0.25, -0.2) is 0 Å². The summed E-state index contributed by atoms with van der Waals surface area (Å²) < 4.78 is 6.14. The summed E-state index contributed by atoms with van der Waals surface area (Å²) in [5.41, 5.74) is 3.69. The molecule has 0 unspecified atom stereocenters. The maximum Gasteiger partial charge on any atom is 0.138 e. The van der Waals surface area contributed by atoms with E-state index in [1.165, 1.54) is 16.5 Å². The molecule has 2 aromatic rings. The summed E-state index contributed by atoms with van der Waals surface area (Å²) >= 11 is 0. The first kappa shape index (κ1) is 14.1. The van der Waals surface area contributed by atoms with Crippen molar-refractivity contribution < 1.29 is 4.42 Å². The fourth-order valence-electron chi connectivity index (χ4n) is 2.35. The highest BCUT2D eigenvalue weighted by atomic mass is 16.3. The molecule has 0 bridgehead atoms. The molecule has 19 heavy (non-hydrogen) atoms. The van der Waals surface area contributed by atoms with Gasteiger partial charge in [0.25, 0.3) is 0 Å². The zero-order chi connectivity index (χ0) is 14.2. The van der Waals surface area contributed by atoms with Crippen molar-refractivity contribution in [3.05, 3.63) is 35.1 Å². The van der Waals surface area contributed by atoms with Crippen LogP contribution in [0.4, 0.5) is 0 Å². The van der Waals surface area contributed by atoms with Gasteiger partial charge in [0.1, 0.15) is 11.3 Å². The molecule has 0 aliphatic carbocycles. The molecule has 1 aromatic carbocycles. The molecule has 0 aliphatic heterocycles. The largest absolute Gasteiger partial charge is 0.459 e. The molecule has 1 N–H and O–H groups in total. The summed E-state index contributed by atoms with van der Waals surface area (Å²) in [5.74, 6) is 1.06. The van der Waals surface area contributed by atoms with Crippen LogP contribution < -0.4 is 5.32 Å². The summed E-state index contributed by atoms with van der Waals surface area (Å²) in [7, 11) is 0. The van der Waals surface area contributed by atoms with Crippen LogP contribution in [-0.4, -0.2) is 6.04 Å². The Kier molecular flexibility index (Phi) is 3.73. The monoisotopic (exact) mass is 259 g/mol. The molecule has 0 aliphatic rings. The van der Waals surface area contributed by atoms with E-state index in [-0.39, 0.29) is 5.41 Å². The maximum absolute atomic E-state index is 6.14.